The van der Waals surface area contributed by atoms with Crippen molar-refractivity contribution in [2.45, 2.75) is 20.5 Å². The Labute approximate surface area is 349 Å². The number of amides is 1. The molecule has 9 rings (SSSR count). The number of aryl methyl sites for hydroxylation is 1. The molecule has 1 aliphatic rings. The molecule has 11 heteroatoms. The number of anilines is 2. The van der Waals surface area contributed by atoms with Crippen LogP contribution in [-0.2, 0) is 11.4 Å². The molecule has 0 aromatic heterocycles. The number of carbonyl (C=O) groups is 2. The Balaban J connectivity index is 0.969. The molecule has 3 N–H and O–H groups in total. The fourth-order valence-corrected chi connectivity index (χ4v) is 7.59. The Kier molecular flexibility index (Phi) is 10.1. The van der Waals surface area contributed by atoms with Gasteiger partial charge in [-0.15, -0.1) is 10.2 Å². The fourth-order valence-electron chi connectivity index (χ4n) is 7.41. The Bertz CT molecular complexity index is 3110. The number of carbonyl (C=O) groups excluding carboxylic acids is 2. The second-order valence-corrected chi connectivity index (χ2v) is 14.9. The highest BCUT2D eigenvalue weighted by Crippen LogP contribution is 2.43. The van der Waals surface area contributed by atoms with Crippen LogP contribution < -0.4 is 10.8 Å². The molecule has 8 aromatic carbocycles. The molecule has 0 bridgehead atoms. The number of rotatable bonds is 10. The zero-order chi connectivity index (χ0) is 41.3. The average molecular weight is 807 g/mol. The lowest BCUT2D eigenvalue weighted by atomic mass is 10.00. The highest BCUT2D eigenvalue weighted by Gasteiger charge is 2.27. The number of benzene rings is 8. The van der Waals surface area contributed by atoms with Crippen LogP contribution in [0.4, 0.5) is 34.1 Å². The molecule has 0 unspecified atom stereocenters. The van der Waals surface area contributed by atoms with Gasteiger partial charge in [0.15, 0.2) is 11.5 Å². The molecule has 0 spiro atoms. The van der Waals surface area contributed by atoms with E-state index in [9.17, 15) is 14.7 Å². The molecule has 0 heterocycles. The van der Waals surface area contributed by atoms with Crippen molar-refractivity contribution in [1.29, 1.82) is 0 Å². The third kappa shape index (κ3) is 7.37. The van der Waals surface area contributed by atoms with Gasteiger partial charge in [-0.1, -0.05) is 96.5 Å². The van der Waals surface area contributed by atoms with Crippen LogP contribution in [-0.4, -0.2) is 16.8 Å². The highest BCUT2D eigenvalue weighted by molar-refractivity contribution is 6.34. The molecule has 1 aliphatic carbocycles. The molecule has 0 aliphatic heterocycles. The van der Waals surface area contributed by atoms with E-state index in [1.807, 2.05) is 98.8 Å². The quantitative estimate of drug-likeness (QED) is 0.0933. The topological polar surface area (TPSA) is 137 Å². The zero-order valence-electron chi connectivity index (χ0n) is 32.4. The molecule has 10 nitrogen and oxygen atoms in total. The van der Waals surface area contributed by atoms with Crippen molar-refractivity contribution >= 4 is 79.0 Å². The molecular formula is C49H35ClN6O4. The van der Waals surface area contributed by atoms with Crippen molar-refractivity contribution in [2.75, 3.05) is 10.8 Å². The van der Waals surface area contributed by atoms with Gasteiger partial charge in [-0.3, -0.25) is 19.9 Å². The average Bonchev–Trinajstić information content (AvgIpc) is 3.53. The minimum absolute atomic E-state index is 0.00589. The summed E-state index contributed by atoms with van der Waals surface area (Å²) in [6.07, 6.45) is 0. The maximum Gasteiger partial charge on any atom is 0.259 e. The predicted molar refractivity (Wildman–Crippen MR) is 237 cm³/mol. The van der Waals surface area contributed by atoms with Gasteiger partial charge in [0.25, 0.3) is 5.91 Å². The van der Waals surface area contributed by atoms with E-state index < -0.39 is 5.91 Å². The summed E-state index contributed by atoms with van der Waals surface area (Å²) in [6, 6.07) is 44.5. The van der Waals surface area contributed by atoms with Crippen LogP contribution in [0.1, 0.15) is 43.0 Å². The van der Waals surface area contributed by atoms with E-state index in [4.69, 9.17) is 21.6 Å². The summed E-state index contributed by atoms with van der Waals surface area (Å²) >= 11 is 6.27. The van der Waals surface area contributed by atoms with Crippen molar-refractivity contribution in [1.82, 2.24) is 0 Å². The van der Waals surface area contributed by atoms with E-state index in [2.05, 4.69) is 32.2 Å². The van der Waals surface area contributed by atoms with Crippen LogP contribution in [0.3, 0.4) is 0 Å². The van der Waals surface area contributed by atoms with Crippen molar-refractivity contribution in [3.63, 3.8) is 0 Å². The molecule has 0 saturated heterocycles. The lowest BCUT2D eigenvalue weighted by molar-refractivity contribution is 0.102. The van der Waals surface area contributed by atoms with Crippen molar-refractivity contribution < 1.29 is 19.5 Å². The molecule has 0 radical (unpaired) electrons. The molecule has 1 amide bonds. The Morgan fingerprint density at radius 2 is 1.27 bits per heavy atom. The number of para-hydroxylation sites is 1. The molecule has 0 saturated carbocycles. The number of hydrogen-bond donors (Lipinski definition) is 3. The minimum Gasteiger partial charge on any atom is -0.505 e. The number of nitrogens with zero attached hydrogens (tertiary/aromatic N) is 4. The van der Waals surface area contributed by atoms with Gasteiger partial charge in [-0.25, -0.2) is 0 Å². The van der Waals surface area contributed by atoms with Crippen molar-refractivity contribution in [3.05, 3.63) is 184 Å². The second-order valence-electron chi connectivity index (χ2n) is 14.5. The second kappa shape index (κ2) is 16.0. The van der Waals surface area contributed by atoms with Gasteiger partial charge < -0.3 is 10.4 Å². The minimum atomic E-state index is -0.559. The van der Waals surface area contributed by atoms with E-state index in [1.165, 1.54) is 0 Å². The Morgan fingerprint density at radius 3 is 1.95 bits per heavy atom. The number of ketones is 1. The molecule has 60 heavy (non-hydrogen) atoms. The first kappa shape index (κ1) is 38.0. The van der Waals surface area contributed by atoms with Crippen molar-refractivity contribution in [2.24, 2.45) is 20.5 Å². The molecule has 0 atom stereocenters. The summed E-state index contributed by atoms with van der Waals surface area (Å²) in [7, 11) is 0. The molecule has 292 valence electrons. The number of phenolic OH excluding ortho intramolecular Hbond substituents is 1. The van der Waals surface area contributed by atoms with Gasteiger partial charge in [-0.2, -0.15) is 10.2 Å². The van der Waals surface area contributed by atoms with Gasteiger partial charge in [0.2, 0.25) is 0 Å². The number of nitrogens with one attached hydrogen (secondary N) is 2. The Hall–Kier alpha value is -7.53. The first-order chi connectivity index (χ1) is 29.2. The first-order valence-electron chi connectivity index (χ1n) is 19.1. The number of hydrogen-bond acceptors (Lipinski definition) is 9. The molecule has 0 fully saturated rings. The number of azo groups is 2. The number of halogens is 1. The lowest BCUT2D eigenvalue weighted by Gasteiger charge is -2.13. The molecular weight excluding hydrogens is 772 g/mol. The SMILES string of the molecule is Cc1cccc(NOCc2cc3ccccc3c(N=Nc3ccc4c(c3)C(=O)c3cc(N=Nc5c(O)c(C(=O)Nc6ccccc6Cl)cc6ccccc56)ccc3-4)c2C)c1. The highest BCUT2D eigenvalue weighted by atomic mass is 35.5. The molecule has 8 aromatic rings. The normalized spacial score (nSPS) is 12.1. The van der Waals surface area contributed by atoms with Crippen molar-refractivity contribution in [3.8, 4) is 16.9 Å². The predicted octanol–water partition coefficient (Wildman–Crippen LogP) is 13.8. The zero-order valence-corrected chi connectivity index (χ0v) is 33.2. The summed E-state index contributed by atoms with van der Waals surface area (Å²) in [6.45, 7) is 4.35. The van der Waals surface area contributed by atoms with E-state index in [0.29, 0.717) is 50.6 Å². The van der Waals surface area contributed by atoms with Crippen LogP contribution in [0.15, 0.2) is 166 Å². The van der Waals surface area contributed by atoms with Gasteiger partial charge in [-0.05, 0) is 113 Å². The number of phenols is 1. The van der Waals surface area contributed by atoms with E-state index >= 15 is 0 Å². The van der Waals surface area contributed by atoms with Gasteiger partial charge >= 0.3 is 0 Å². The summed E-state index contributed by atoms with van der Waals surface area (Å²) in [5.41, 5.74) is 11.6. The number of aromatic hydroxyl groups is 1. The Morgan fingerprint density at radius 1 is 0.650 bits per heavy atom. The maximum absolute atomic E-state index is 13.9. The fraction of sp³-hybridized carbons (Fsp3) is 0.0612. The summed E-state index contributed by atoms with van der Waals surface area (Å²) in [5, 5.41) is 36.0. The maximum atomic E-state index is 13.9. The van der Waals surface area contributed by atoms with E-state index in [-0.39, 0.29) is 22.8 Å². The van der Waals surface area contributed by atoms with Crippen LogP contribution in [0, 0.1) is 13.8 Å². The summed E-state index contributed by atoms with van der Waals surface area (Å²) in [4.78, 5) is 33.2. The van der Waals surface area contributed by atoms with Crippen LogP contribution in [0.5, 0.6) is 5.75 Å². The van der Waals surface area contributed by atoms with Gasteiger partial charge in [0, 0.05) is 21.9 Å². The largest absolute Gasteiger partial charge is 0.505 e. The monoisotopic (exact) mass is 806 g/mol. The third-order valence-corrected chi connectivity index (χ3v) is 10.8. The summed E-state index contributed by atoms with van der Waals surface area (Å²) < 4.78 is 0. The lowest BCUT2D eigenvalue weighted by Crippen LogP contribution is -2.12. The van der Waals surface area contributed by atoms with Crippen LogP contribution in [0.25, 0.3) is 32.7 Å². The van der Waals surface area contributed by atoms with Crippen LogP contribution >= 0.6 is 11.6 Å². The number of fused-ring (bicyclic) bond motifs is 5. The smallest absolute Gasteiger partial charge is 0.259 e. The first-order valence-corrected chi connectivity index (χ1v) is 19.5. The van der Waals surface area contributed by atoms with E-state index in [0.717, 1.165) is 50.0 Å². The van der Waals surface area contributed by atoms with Gasteiger partial charge in [0.1, 0.15) is 5.69 Å². The van der Waals surface area contributed by atoms with Gasteiger partial charge in [0.05, 0.1) is 45.6 Å². The summed E-state index contributed by atoms with van der Waals surface area (Å²) in [5.74, 6) is -1.08. The standard InChI is InChI=1S/C49H35ClN6O4/c1-28-10-9-13-35(22-28)56-60-27-32-23-30-11-3-5-14-36(30)45(29(32)2)54-52-33-18-20-38-39-21-19-34(26-41(39)47(57)40(38)25-33)53-55-46-37-15-6-4-12-31(37)24-42(48(46)58)49(59)51-44-17-8-7-16-43(44)50/h3-26,56,58H,27H2,1-2H3,(H,51,59). The van der Waals surface area contributed by atoms with E-state index in [1.54, 1.807) is 54.6 Å². The van der Waals surface area contributed by atoms with Crippen LogP contribution in [0.2, 0.25) is 5.02 Å². The third-order valence-electron chi connectivity index (χ3n) is 10.5.